The molecule has 0 saturated heterocycles. The molecule has 112 valence electrons. The van der Waals surface area contributed by atoms with Gasteiger partial charge in [-0.2, -0.15) is 5.26 Å². The largest absolute Gasteiger partial charge is 0.482 e. The third-order valence-electron chi connectivity index (χ3n) is 2.99. The second-order valence-corrected chi connectivity index (χ2v) is 4.61. The van der Waals surface area contributed by atoms with E-state index in [1.165, 1.54) is 12.1 Å². The summed E-state index contributed by atoms with van der Waals surface area (Å²) in [6, 6.07) is 14.2. The van der Waals surface area contributed by atoms with E-state index in [2.05, 4.69) is 0 Å². The number of hydrogen-bond acceptors (Lipinski definition) is 4. The number of hydrogen-bond donors (Lipinski definition) is 0. The standard InChI is InChI=1S/C17H14FNO3/c1-12(14-4-6-15(18)7-5-14)22-17(20)11-21-16-8-2-13(10-19)3-9-16/h2-9,12H,11H2,1H3/t12-/m0/s1. The molecule has 2 aromatic carbocycles. The SMILES string of the molecule is C[C@H](OC(=O)COc1ccc(C#N)cc1)c1ccc(F)cc1. The summed E-state index contributed by atoms with van der Waals surface area (Å²) >= 11 is 0. The lowest BCUT2D eigenvalue weighted by molar-refractivity contribution is -0.151. The van der Waals surface area contributed by atoms with Crippen molar-refractivity contribution in [3.05, 3.63) is 65.5 Å². The fourth-order valence-electron chi connectivity index (χ4n) is 1.80. The van der Waals surface area contributed by atoms with E-state index in [0.717, 1.165) is 0 Å². The maximum absolute atomic E-state index is 12.8. The molecule has 0 heterocycles. The Balaban J connectivity index is 1.84. The fraction of sp³-hybridized carbons (Fsp3) is 0.176. The van der Waals surface area contributed by atoms with Gasteiger partial charge in [-0.15, -0.1) is 0 Å². The van der Waals surface area contributed by atoms with Crippen molar-refractivity contribution in [3.63, 3.8) is 0 Å². The van der Waals surface area contributed by atoms with E-state index in [0.29, 0.717) is 16.9 Å². The van der Waals surface area contributed by atoms with E-state index >= 15 is 0 Å². The number of carbonyl (C=O) groups is 1. The lowest BCUT2D eigenvalue weighted by Crippen LogP contribution is -2.17. The van der Waals surface area contributed by atoms with Crippen molar-refractivity contribution in [2.45, 2.75) is 13.0 Å². The Bertz CT molecular complexity index is 675. The zero-order chi connectivity index (χ0) is 15.9. The van der Waals surface area contributed by atoms with Crippen molar-refractivity contribution in [1.29, 1.82) is 5.26 Å². The van der Waals surface area contributed by atoms with Gasteiger partial charge >= 0.3 is 5.97 Å². The van der Waals surface area contributed by atoms with Gasteiger partial charge in [0, 0.05) is 0 Å². The lowest BCUT2D eigenvalue weighted by atomic mass is 10.1. The highest BCUT2D eigenvalue weighted by Gasteiger charge is 2.12. The zero-order valence-corrected chi connectivity index (χ0v) is 12.0. The molecule has 2 aromatic rings. The Labute approximate surface area is 127 Å². The molecule has 0 fully saturated rings. The Morgan fingerprint density at radius 1 is 1.18 bits per heavy atom. The Morgan fingerprint density at radius 2 is 1.82 bits per heavy atom. The van der Waals surface area contributed by atoms with Gasteiger partial charge in [0.15, 0.2) is 6.61 Å². The number of rotatable bonds is 5. The topological polar surface area (TPSA) is 59.3 Å². The Morgan fingerprint density at radius 3 is 2.41 bits per heavy atom. The Kier molecular flexibility index (Phi) is 5.10. The lowest BCUT2D eigenvalue weighted by Gasteiger charge is -2.14. The van der Waals surface area contributed by atoms with E-state index in [-0.39, 0.29) is 12.4 Å². The van der Waals surface area contributed by atoms with Gasteiger partial charge in [0.05, 0.1) is 11.6 Å². The summed E-state index contributed by atoms with van der Waals surface area (Å²) in [5.41, 5.74) is 1.22. The molecular weight excluding hydrogens is 285 g/mol. The molecule has 4 nitrogen and oxygen atoms in total. The number of benzene rings is 2. The minimum atomic E-state index is -0.527. The van der Waals surface area contributed by atoms with Crippen LogP contribution in [-0.2, 0) is 9.53 Å². The fourth-order valence-corrected chi connectivity index (χ4v) is 1.80. The molecule has 0 bridgehead atoms. The number of nitrogens with zero attached hydrogens (tertiary/aromatic N) is 1. The predicted molar refractivity (Wildman–Crippen MR) is 77.6 cm³/mol. The summed E-state index contributed by atoms with van der Waals surface area (Å²) in [7, 11) is 0. The van der Waals surface area contributed by atoms with Crippen LogP contribution in [0.1, 0.15) is 24.2 Å². The minimum Gasteiger partial charge on any atom is -0.482 e. The second-order valence-electron chi connectivity index (χ2n) is 4.61. The van der Waals surface area contributed by atoms with Gasteiger partial charge in [0.2, 0.25) is 0 Å². The van der Waals surface area contributed by atoms with Crippen LogP contribution in [0.2, 0.25) is 0 Å². The molecule has 0 spiro atoms. The maximum atomic E-state index is 12.8. The molecule has 0 aromatic heterocycles. The first-order chi connectivity index (χ1) is 10.6. The number of halogens is 1. The number of esters is 1. The van der Waals surface area contributed by atoms with E-state index in [4.69, 9.17) is 14.7 Å². The van der Waals surface area contributed by atoms with E-state index in [1.54, 1.807) is 43.3 Å². The van der Waals surface area contributed by atoms with Crippen molar-refractivity contribution in [3.8, 4) is 11.8 Å². The van der Waals surface area contributed by atoms with E-state index in [1.807, 2.05) is 6.07 Å². The molecule has 22 heavy (non-hydrogen) atoms. The molecule has 1 atom stereocenters. The van der Waals surface area contributed by atoms with Gasteiger partial charge in [0.25, 0.3) is 0 Å². The van der Waals surface area contributed by atoms with E-state index < -0.39 is 12.1 Å². The number of carbonyl (C=O) groups excluding carboxylic acids is 1. The van der Waals surface area contributed by atoms with Crippen LogP contribution in [0, 0.1) is 17.1 Å². The van der Waals surface area contributed by atoms with Crippen LogP contribution in [0.15, 0.2) is 48.5 Å². The number of nitriles is 1. The van der Waals surface area contributed by atoms with Gasteiger partial charge in [-0.25, -0.2) is 9.18 Å². The van der Waals surface area contributed by atoms with Crippen LogP contribution in [0.4, 0.5) is 4.39 Å². The third kappa shape index (κ3) is 4.32. The van der Waals surface area contributed by atoms with Crippen LogP contribution in [-0.4, -0.2) is 12.6 Å². The highest BCUT2D eigenvalue weighted by atomic mass is 19.1. The molecular formula is C17H14FNO3. The van der Waals surface area contributed by atoms with Crippen LogP contribution < -0.4 is 4.74 Å². The molecule has 2 rings (SSSR count). The highest BCUT2D eigenvalue weighted by Crippen LogP contribution is 2.17. The first kappa shape index (κ1) is 15.5. The molecule has 5 heteroatoms. The van der Waals surface area contributed by atoms with Crippen LogP contribution in [0.3, 0.4) is 0 Å². The molecule has 0 radical (unpaired) electrons. The summed E-state index contributed by atoms with van der Waals surface area (Å²) in [4.78, 5) is 11.7. The van der Waals surface area contributed by atoms with Gasteiger partial charge in [-0.05, 0) is 48.9 Å². The summed E-state index contributed by atoms with van der Waals surface area (Å²) in [5.74, 6) is -0.391. The summed E-state index contributed by atoms with van der Waals surface area (Å²) in [6.07, 6.45) is -0.488. The first-order valence-corrected chi connectivity index (χ1v) is 6.66. The molecule has 0 saturated carbocycles. The van der Waals surface area contributed by atoms with Gasteiger partial charge < -0.3 is 9.47 Å². The van der Waals surface area contributed by atoms with Crippen molar-refractivity contribution in [2.75, 3.05) is 6.61 Å². The predicted octanol–water partition coefficient (Wildman–Crippen LogP) is 3.38. The molecule has 0 N–H and O–H groups in total. The van der Waals surface area contributed by atoms with E-state index in [9.17, 15) is 9.18 Å². The van der Waals surface area contributed by atoms with Gasteiger partial charge in [-0.1, -0.05) is 12.1 Å². The van der Waals surface area contributed by atoms with Crippen molar-refractivity contribution in [2.24, 2.45) is 0 Å². The average Bonchev–Trinajstić information content (AvgIpc) is 2.54. The van der Waals surface area contributed by atoms with Gasteiger partial charge in [-0.3, -0.25) is 0 Å². The highest BCUT2D eigenvalue weighted by molar-refractivity contribution is 5.71. The monoisotopic (exact) mass is 299 g/mol. The maximum Gasteiger partial charge on any atom is 0.344 e. The summed E-state index contributed by atoms with van der Waals surface area (Å²) in [6.45, 7) is 1.46. The van der Waals surface area contributed by atoms with Crippen molar-refractivity contribution < 1.29 is 18.7 Å². The molecule has 0 unspecified atom stereocenters. The normalized spacial score (nSPS) is 11.3. The molecule has 0 amide bonds. The van der Waals surface area contributed by atoms with Crippen molar-refractivity contribution in [1.82, 2.24) is 0 Å². The first-order valence-electron chi connectivity index (χ1n) is 6.66. The Hall–Kier alpha value is -2.87. The quantitative estimate of drug-likeness (QED) is 0.794. The molecule has 0 aliphatic heterocycles. The average molecular weight is 299 g/mol. The van der Waals surface area contributed by atoms with Gasteiger partial charge in [0.1, 0.15) is 17.7 Å². The van der Waals surface area contributed by atoms with Crippen LogP contribution >= 0.6 is 0 Å². The third-order valence-corrected chi connectivity index (χ3v) is 2.99. The minimum absolute atomic E-state index is 0.239. The van der Waals surface area contributed by atoms with Crippen LogP contribution in [0.5, 0.6) is 5.75 Å². The van der Waals surface area contributed by atoms with Crippen molar-refractivity contribution >= 4 is 5.97 Å². The number of ether oxygens (including phenoxy) is 2. The molecule has 0 aliphatic carbocycles. The zero-order valence-electron chi connectivity index (χ0n) is 12.0. The molecule has 0 aliphatic rings. The summed E-state index contributed by atoms with van der Waals surface area (Å²) < 4.78 is 23.3. The smallest absolute Gasteiger partial charge is 0.344 e. The second kappa shape index (κ2) is 7.23. The van der Waals surface area contributed by atoms with Crippen LogP contribution in [0.25, 0.3) is 0 Å². The summed E-state index contributed by atoms with van der Waals surface area (Å²) in [5, 5.41) is 8.68.